The lowest BCUT2D eigenvalue weighted by Gasteiger charge is -2.18. The van der Waals surface area contributed by atoms with Crippen molar-refractivity contribution in [1.82, 2.24) is 5.32 Å². The molecule has 0 aliphatic heterocycles. The SMILES string of the molecule is CC(Oc1ccc(N)cc1C(F)(F)F)C(=O)NC1CC1. The van der Waals surface area contributed by atoms with Gasteiger partial charge in [0.2, 0.25) is 0 Å². The van der Waals surface area contributed by atoms with Crippen molar-refractivity contribution in [2.45, 2.75) is 38.1 Å². The van der Waals surface area contributed by atoms with Crippen LogP contribution in [0.4, 0.5) is 18.9 Å². The van der Waals surface area contributed by atoms with E-state index in [1.54, 1.807) is 0 Å². The molecule has 1 unspecified atom stereocenters. The normalized spacial score (nSPS) is 16.6. The van der Waals surface area contributed by atoms with E-state index >= 15 is 0 Å². The number of rotatable bonds is 4. The van der Waals surface area contributed by atoms with Crippen LogP contribution in [0.15, 0.2) is 18.2 Å². The summed E-state index contributed by atoms with van der Waals surface area (Å²) in [6.07, 6.45) is -3.79. The van der Waals surface area contributed by atoms with Crippen LogP contribution >= 0.6 is 0 Å². The number of amides is 1. The van der Waals surface area contributed by atoms with Crippen molar-refractivity contribution in [3.8, 4) is 5.75 Å². The van der Waals surface area contributed by atoms with Crippen molar-refractivity contribution in [3.63, 3.8) is 0 Å². The molecule has 3 N–H and O–H groups in total. The van der Waals surface area contributed by atoms with E-state index in [1.807, 2.05) is 0 Å². The lowest BCUT2D eigenvalue weighted by Crippen LogP contribution is -2.37. The maximum absolute atomic E-state index is 12.9. The topological polar surface area (TPSA) is 64.3 Å². The number of carbonyl (C=O) groups is 1. The van der Waals surface area contributed by atoms with Gasteiger partial charge in [0.05, 0.1) is 5.56 Å². The van der Waals surface area contributed by atoms with E-state index in [0.29, 0.717) is 0 Å². The zero-order valence-corrected chi connectivity index (χ0v) is 10.8. The highest BCUT2D eigenvalue weighted by atomic mass is 19.4. The Morgan fingerprint density at radius 1 is 1.45 bits per heavy atom. The average molecular weight is 288 g/mol. The van der Waals surface area contributed by atoms with Crippen LogP contribution in [0.25, 0.3) is 0 Å². The number of nitrogens with one attached hydrogen (secondary N) is 1. The molecule has 1 atom stereocenters. The van der Waals surface area contributed by atoms with E-state index in [1.165, 1.54) is 13.0 Å². The summed E-state index contributed by atoms with van der Waals surface area (Å²) in [5, 5.41) is 2.67. The summed E-state index contributed by atoms with van der Waals surface area (Å²) in [7, 11) is 0. The van der Waals surface area contributed by atoms with Gasteiger partial charge in [-0.1, -0.05) is 0 Å². The van der Waals surface area contributed by atoms with Gasteiger partial charge >= 0.3 is 6.18 Å². The van der Waals surface area contributed by atoms with Crippen LogP contribution in [-0.4, -0.2) is 18.1 Å². The summed E-state index contributed by atoms with van der Waals surface area (Å²) in [4.78, 5) is 11.7. The second-order valence-corrected chi connectivity index (χ2v) is 4.80. The predicted octanol–water partition coefficient (Wildman–Crippen LogP) is 2.33. The van der Waals surface area contributed by atoms with Crippen LogP contribution in [0.2, 0.25) is 0 Å². The van der Waals surface area contributed by atoms with E-state index in [0.717, 1.165) is 25.0 Å². The molecule has 1 amide bonds. The summed E-state index contributed by atoms with van der Waals surface area (Å²) in [6.45, 7) is 1.41. The molecule has 110 valence electrons. The number of ether oxygens (including phenoxy) is 1. The number of hydrogen-bond donors (Lipinski definition) is 2. The van der Waals surface area contributed by atoms with Crippen molar-refractivity contribution in [1.29, 1.82) is 0 Å². The zero-order valence-electron chi connectivity index (χ0n) is 10.8. The van der Waals surface area contributed by atoms with Gasteiger partial charge in [-0.3, -0.25) is 4.79 Å². The van der Waals surface area contributed by atoms with Crippen molar-refractivity contribution in [2.24, 2.45) is 0 Å². The first-order valence-electron chi connectivity index (χ1n) is 6.21. The number of benzene rings is 1. The summed E-state index contributed by atoms with van der Waals surface area (Å²) < 4.78 is 43.7. The standard InChI is InChI=1S/C13H15F3N2O2/c1-7(12(19)18-9-3-4-9)20-11-5-2-8(17)6-10(11)13(14,15)16/h2,5-7,9H,3-4,17H2,1H3,(H,18,19). The molecule has 0 spiro atoms. The van der Waals surface area contributed by atoms with E-state index in [-0.39, 0.29) is 11.7 Å². The number of nitrogen functional groups attached to an aromatic ring is 1. The Labute approximate surface area is 114 Å². The lowest BCUT2D eigenvalue weighted by atomic mass is 10.1. The van der Waals surface area contributed by atoms with E-state index in [9.17, 15) is 18.0 Å². The third-order valence-electron chi connectivity index (χ3n) is 2.91. The predicted molar refractivity (Wildman–Crippen MR) is 67.1 cm³/mol. The van der Waals surface area contributed by atoms with E-state index in [4.69, 9.17) is 10.5 Å². The Bertz CT molecular complexity index is 513. The van der Waals surface area contributed by atoms with Gasteiger partial charge in [-0.15, -0.1) is 0 Å². The first-order chi connectivity index (χ1) is 9.27. The van der Waals surface area contributed by atoms with Crippen molar-refractivity contribution < 1.29 is 22.7 Å². The second kappa shape index (κ2) is 5.22. The molecular weight excluding hydrogens is 273 g/mol. The molecule has 20 heavy (non-hydrogen) atoms. The van der Waals surface area contributed by atoms with E-state index < -0.39 is 29.5 Å². The molecule has 0 bridgehead atoms. The highest BCUT2D eigenvalue weighted by Crippen LogP contribution is 2.37. The number of carbonyl (C=O) groups excluding carboxylic acids is 1. The Morgan fingerprint density at radius 3 is 2.65 bits per heavy atom. The van der Waals surface area contributed by atoms with Crippen LogP contribution in [0.1, 0.15) is 25.3 Å². The number of halogens is 3. The molecule has 1 aromatic rings. The fourth-order valence-corrected chi connectivity index (χ4v) is 1.66. The van der Waals surface area contributed by atoms with E-state index in [2.05, 4.69) is 5.32 Å². The van der Waals surface area contributed by atoms with Gasteiger partial charge in [0, 0.05) is 11.7 Å². The molecule has 1 aliphatic rings. The smallest absolute Gasteiger partial charge is 0.420 e. The minimum absolute atomic E-state index is 0.0141. The van der Waals surface area contributed by atoms with Gasteiger partial charge in [0.1, 0.15) is 5.75 Å². The molecule has 0 heterocycles. The molecule has 0 aromatic heterocycles. The number of nitrogens with two attached hydrogens (primary N) is 1. The van der Waals surface area contributed by atoms with Crippen LogP contribution in [0.3, 0.4) is 0 Å². The molecule has 1 aliphatic carbocycles. The monoisotopic (exact) mass is 288 g/mol. The largest absolute Gasteiger partial charge is 0.480 e. The molecule has 0 radical (unpaired) electrons. The molecule has 4 nitrogen and oxygen atoms in total. The molecule has 7 heteroatoms. The van der Waals surface area contributed by atoms with Gasteiger partial charge < -0.3 is 15.8 Å². The fourth-order valence-electron chi connectivity index (χ4n) is 1.66. The van der Waals surface area contributed by atoms with Gasteiger partial charge in [-0.25, -0.2) is 0 Å². The van der Waals surface area contributed by atoms with Gasteiger partial charge in [-0.2, -0.15) is 13.2 Å². The van der Waals surface area contributed by atoms with Crippen molar-refractivity contribution >= 4 is 11.6 Å². The fraction of sp³-hybridized carbons (Fsp3) is 0.462. The average Bonchev–Trinajstić information content (AvgIpc) is 3.13. The molecule has 2 rings (SSSR count). The van der Waals surface area contributed by atoms with Crippen molar-refractivity contribution in [3.05, 3.63) is 23.8 Å². The molecule has 0 saturated heterocycles. The summed E-state index contributed by atoms with van der Waals surface area (Å²) in [5.41, 5.74) is 4.36. The second-order valence-electron chi connectivity index (χ2n) is 4.80. The summed E-state index contributed by atoms with van der Waals surface area (Å²) >= 11 is 0. The first-order valence-corrected chi connectivity index (χ1v) is 6.21. The zero-order chi connectivity index (χ0) is 14.9. The van der Waals surface area contributed by atoms with Crippen LogP contribution in [0, 0.1) is 0 Å². The van der Waals surface area contributed by atoms with Crippen LogP contribution in [0.5, 0.6) is 5.75 Å². The lowest BCUT2D eigenvalue weighted by molar-refractivity contribution is -0.140. The van der Waals surface area contributed by atoms with Gasteiger partial charge in [0.15, 0.2) is 6.10 Å². The summed E-state index contributed by atoms with van der Waals surface area (Å²) in [6, 6.07) is 3.35. The molecule has 1 fully saturated rings. The van der Waals surface area contributed by atoms with Gasteiger partial charge in [0.25, 0.3) is 5.91 Å². The highest BCUT2D eigenvalue weighted by Gasteiger charge is 2.35. The van der Waals surface area contributed by atoms with Crippen LogP contribution < -0.4 is 15.8 Å². The molecular formula is C13H15F3N2O2. The molecule has 1 aromatic carbocycles. The van der Waals surface area contributed by atoms with Gasteiger partial charge in [-0.05, 0) is 38.0 Å². The number of hydrogen-bond acceptors (Lipinski definition) is 3. The number of alkyl halides is 3. The van der Waals surface area contributed by atoms with Crippen LogP contribution in [-0.2, 0) is 11.0 Å². The Hall–Kier alpha value is -1.92. The molecule has 1 saturated carbocycles. The minimum Gasteiger partial charge on any atom is -0.480 e. The third-order valence-corrected chi connectivity index (χ3v) is 2.91. The third kappa shape index (κ3) is 3.55. The highest BCUT2D eigenvalue weighted by molar-refractivity contribution is 5.81. The minimum atomic E-state index is -4.59. The Morgan fingerprint density at radius 2 is 2.10 bits per heavy atom. The number of anilines is 1. The maximum Gasteiger partial charge on any atom is 0.420 e. The summed E-state index contributed by atoms with van der Waals surface area (Å²) in [5.74, 6) is -0.817. The Balaban J connectivity index is 2.13. The van der Waals surface area contributed by atoms with Crippen molar-refractivity contribution in [2.75, 3.05) is 5.73 Å². The quantitative estimate of drug-likeness (QED) is 0.836. The Kier molecular flexibility index (Phi) is 3.78. The first kappa shape index (κ1) is 14.5. The maximum atomic E-state index is 12.9.